The number of esters is 1. The first-order valence-electron chi connectivity index (χ1n) is 8.34. The zero-order valence-corrected chi connectivity index (χ0v) is 15.2. The first-order valence-corrected chi connectivity index (χ1v) is 8.34. The van der Waals surface area contributed by atoms with Crippen LogP contribution in [0.4, 0.5) is 11.4 Å². The summed E-state index contributed by atoms with van der Waals surface area (Å²) in [6.45, 7) is 2.73. The second-order valence-electron chi connectivity index (χ2n) is 6.10. The molecule has 1 atom stereocenters. The standard InChI is InChI=1S/C18H19N3O7/c1-11(2)16(20-17(23)14-8-5-9-27-14)18(24)28-10-15(22)19-12-6-3-4-7-13(12)21(25)26/h3-9,11,16H,10H2,1-2H3,(H,19,22)(H,20,23)/t16-/m0/s1. The van der Waals surface area contributed by atoms with Gasteiger partial charge in [-0.2, -0.15) is 0 Å². The number of carbonyl (C=O) groups excluding carboxylic acids is 3. The second kappa shape index (κ2) is 9.31. The minimum Gasteiger partial charge on any atom is -0.459 e. The van der Waals surface area contributed by atoms with Gasteiger partial charge in [-0.3, -0.25) is 19.7 Å². The van der Waals surface area contributed by atoms with E-state index < -0.39 is 35.4 Å². The van der Waals surface area contributed by atoms with Crippen LogP contribution in [-0.2, 0) is 14.3 Å². The molecule has 0 aliphatic rings. The van der Waals surface area contributed by atoms with Crippen LogP contribution in [0.25, 0.3) is 0 Å². The highest BCUT2D eigenvalue weighted by Crippen LogP contribution is 2.22. The Kier molecular flexibility index (Phi) is 6.85. The van der Waals surface area contributed by atoms with Gasteiger partial charge in [-0.25, -0.2) is 4.79 Å². The fourth-order valence-electron chi connectivity index (χ4n) is 2.27. The first kappa shape index (κ1) is 20.6. The Hall–Kier alpha value is -3.69. The monoisotopic (exact) mass is 389 g/mol. The number of nitro groups is 1. The minimum absolute atomic E-state index is 0.0138. The van der Waals surface area contributed by atoms with Gasteiger partial charge in [0, 0.05) is 6.07 Å². The molecule has 1 heterocycles. The van der Waals surface area contributed by atoms with Gasteiger partial charge >= 0.3 is 5.97 Å². The highest BCUT2D eigenvalue weighted by atomic mass is 16.6. The molecule has 1 aromatic carbocycles. The third-order valence-corrected chi connectivity index (χ3v) is 3.67. The molecule has 2 N–H and O–H groups in total. The van der Waals surface area contributed by atoms with Crippen molar-refractivity contribution in [1.82, 2.24) is 5.32 Å². The molecule has 2 amide bonds. The van der Waals surface area contributed by atoms with Crippen molar-refractivity contribution in [3.8, 4) is 0 Å². The number of amides is 2. The first-order chi connectivity index (χ1) is 13.3. The van der Waals surface area contributed by atoms with Gasteiger partial charge in [0.25, 0.3) is 17.5 Å². The quantitative estimate of drug-likeness (QED) is 0.400. The van der Waals surface area contributed by atoms with Gasteiger partial charge in [-0.15, -0.1) is 0 Å². The van der Waals surface area contributed by atoms with Crippen molar-refractivity contribution >= 4 is 29.2 Å². The lowest BCUT2D eigenvalue weighted by atomic mass is 10.0. The lowest BCUT2D eigenvalue weighted by Crippen LogP contribution is -2.45. The summed E-state index contributed by atoms with van der Waals surface area (Å²) in [7, 11) is 0. The van der Waals surface area contributed by atoms with Crippen molar-refractivity contribution in [2.24, 2.45) is 5.92 Å². The number of ether oxygens (including phenoxy) is 1. The van der Waals surface area contributed by atoms with E-state index in [1.807, 2.05) is 0 Å². The molecule has 0 bridgehead atoms. The predicted molar refractivity (Wildman–Crippen MR) is 97.5 cm³/mol. The number of para-hydroxylation sites is 2. The normalized spacial score (nSPS) is 11.5. The number of hydrogen-bond donors (Lipinski definition) is 2. The third kappa shape index (κ3) is 5.40. The van der Waals surface area contributed by atoms with Gasteiger partial charge in [0.15, 0.2) is 12.4 Å². The Morgan fingerprint density at radius 2 is 1.89 bits per heavy atom. The smallest absolute Gasteiger partial charge is 0.329 e. The molecular weight excluding hydrogens is 370 g/mol. The SMILES string of the molecule is CC(C)[C@H](NC(=O)c1ccco1)C(=O)OCC(=O)Nc1ccccc1[N+](=O)[O-]. The molecule has 10 heteroatoms. The van der Waals surface area contributed by atoms with Crippen molar-refractivity contribution in [3.63, 3.8) is 0 Å². The van der Waals surface area contributed by atoms with Crippen molar-refractivity contribution in [1.29, 1.82) is 0 Å². The van der Waals surface area contributed by atoms with E-state index in [1.165, 1.54) is 42.7 Å². The molecule has 2 rings (SSSR count). The Labute approximate surface area is 160 Å². The zero-order valence-electron chi connectivity index (χ0n) is 15.2. The number of nitro benzene ring substituents is 1. The second-order valence-corrected chi connectivity index (χ2v) is 6.10. The van der Waals surface area contributed by atoms with E-state index in [9.17, 15) is 24.5 Å². The highest BCUT2D eigenvalue weighted by molar-refractivity contribution is 5.96. The van der Waals surface area contributed by atoms with Crippen LogP contribution in [0.15, 0.2) is 47.1 Å². The summed E-state index contributed by atoms with van der Waals surface area (Å²) in [6, 6.07) is 7.55. The van der Waals surface area contributed by atoms with E-state index in [-0.39, 0.29) is 23.1 Å². The summed E-state index contributed by atoms with van der Waals surface area (Å²) in [6.07, 6.45) is 1.32. The topological polar surface area (TPSA) is 141 Å². The van der Waals surface area contributed by atoms with Crippen molar-refractivity contribution in [2.75, 3.05) is 11.9 Å². The van der Waals surface area contributed by atoms with Crippen LogP contribution in [0.1, 0.15) is 24.4 Å². The third-order valence-electron chi connectivity index (χ3n) is 3.67. The molecule has 0 aliphatic heterocycles. The van der Waals surface area contributed by atoms with Gasteiger partial charge in [0.2, 0.25) is 0 Å². The van der Waals surface area contributed by atoms with E-state index in [4.69, 9.17) is 9.15 Å². The van der Waals surface area contributed by atoms with Crippen LogP contribution in [0.2, 0.25) is 0 Å². The fraction of sp³-hybridized carbons (Fsp3) is 0.278. The van der Waals surface area contributed by atoms with Crippen molar-refractivity contribution in [3.05, 3.63) is 58.5 Å². The van der Waals surface area contributed by atoms with Crippen molar-refractivity contribution < 1.29 is 28.5 Å². The maximum Gasteiger partial charge on any atom is 0.329 e. The number of carbonyl (C=O) groups is 3. The summed E-state index contributed by atoms with van der Waals surface area (Å²) in [4.78, 5) is 46.6. The highest BCUT2D eigenvalue weighted by Gasteiger charge is 2.27. The molecule has 0 saturated heterocycles. The maximum atomic E-state index is 12.3. The van der Waals surface area contributed by atoms with Crippen LogP contribution in [0, 0.1) is 16.0 Å². The molecule has 10 nitrogen and oxygen atoms in total. The molecule has 2 aromatic rings. The van der Waals surface area contributed by atoms with Crippen LogP contribution >= 0.6 is 0 Å². The average Bonchev–Trinajstić information content (AvgIpc) is 3.19. The number of furan rings is 1. The van der Waals surface area contributed by atoms with E-state index in [0.717, 1.165) is 0 Å². The number of hydrogen-bond acceptors (Lipinski definition) is 7. The van der Waals surface area contributed by atoms with Crippen LogP contribution in [0.5, 0.6) is 0 Å². The zero-order chi connectivity index (χ0) is 20.7. The van der Waals surface area contributed by atoms with Crippen LogP contribution in [0.3, 0.4) is 0 Å². The number of anilines is 1. The van der Waals surface area contributed by atoms with Gasteiger partial charge in [-0.05, 0) is 24.1 Å². The lowest BCUT2D eigenvalue weighted by Gasteiger charge is -2.20. The summed E-state index contributed by atoms with van der Waals surface area (Å²) in [5, 5.41) is 15.8. The summed E-state index contributed by atoms with van der Waals surface area (Å²) < 4.78 is 9.92. The largest absolute Gasteiger partial charge is 0.459 e. The Morgan fingerprint density at radius 1 is 1.18 bits per heavy atom. The van der Waals surface area contributed by atoms with E-state index >= 15 is 0 Å². The van der Waals surface area contributed by atoms with Gasteiger partial charge in [0.1, 0.15) is 11.7 Å². The Morgan fingerprint density at radius 3 is 2.50 bits per heavy atom. The van der Waals surface area contributed by atoms with Crippen LogP contribution in [-0.4, -0.2) is 35.4 Å². The molecule has 28 heavy (non-hydrogen) atoms. The van der Waals surface area contributed by atoms with E-state index in [2.05, 4.69) is 10.6 Å². The van der Waals surface area contributed by atoms with Crippen LogP contribution < -0.4 is 10.6 Å². The van der Waals surface area contributed by atoms with Gasteiger partial charge < -0.3 is 19.8 Å². The number of benzene rings is 1. The van der Waals surface area contributed by atoms with E-state index in [0.29, 0.717) is 0 Å². The average molecular weight is 389 g/mol. The van der Waals surface area contributed by atoms with Gasteiger partial charge in [0.05, 0.1) is 11.2 Å². The summed E-state index contributed by atoms with van der Waals surface area (Å²) in [5.74, 6) is -2.43. The van der Waals surface area contributed by atoms with E-state index in [1.54, 1.807) is 13.8 Å². The molecule has 0 unspecified atom stereocenters. The van der Waals surface area contributed by atoms with Gasteiger partial charge in [-0.1, -0.05) is 26.0 Å². The number of nitrogens with one attached hydrogen (secondary N) is 2. The lowest BCUT2D eigenvalue weighted by molar-refractivity contribution is -0.383. The molecular formula is C18H19N3O7. The molecule has 1 aromatic heterocycles. The van der Waals surface area contributed by atoms with Crippen molar-refractivity contribution in [2.45, 2.75) is 19.9 Å². The molecule has 0 aliphatic carbocycles. The predicted octanol–water partition coefficient (Wildman–Crippen LogP) is 2.12. The number of nitrogens with zero attached hydrogens (tertiary/aromatic N) is 1. The summed E-state index contributed by atoms with van der Waals surface area (Å²) in [5.41, 5.74) is -0.298. The molecule has 0 spiro atoms. The Bertz CT molecular complexity index is 862. The molecule has 0 fully saturated rings. The minimum atomic E-state index is -1.00. The Balaban J connectivity index is 1.94. The molecule has 0 radical (unpaired) electrons. The summed E-state index contributed by atoms with van der Waals surface area (Å²) >= 11 is 0. The number of rotatable bonds is 8. The molecule has 148 valence electrons. The fourth-order valence-corrected chi connectivity index (χ4v) is 2.27. The maximum absolute atomic E-state index is 12.3. The molecule has 0 saturated carbocycles.